The average Bonchev–Trinajstić information content (AvgIpc) is 3.29. The highest BCUT2D eigenvalue weighted by Crippen LogP contribution is 2.38. The minimum Gasteiger partial charge on any atom is -0.351 e. The van der Waals surface area contributed by atoms with E-state index in [1.54, 1.807) is 16.8 Å². The SMILES string of the molecule is CCc1cccc(CC)c1-n1nc2c(c1-c1cc(F)c(NC(N)=O)cc1F)CN(Cc1cc(F)ccc1C)CC2. The van der Waals surface area contributed by atoms with Gasteiger partial charge in [-0.05, 0) is 60.2 Å². The van der Waals surface area contributed by atoms with Crippen LogP contribution >= 0.6 is 0 Å². The zero-order valence-corrected chi connectivity index (χ0v) is 22.8. The number of halogens is 3. The fourth-order valence-corrected chi connectivity index (χ4v) is 5.50. The number of rotatable bonds is 7. The minimum atomic E-state index is -0.985. The lowest BCUT2D eigenvalue weighted by atomic mass is 9.98. The van der Waals surface area contributed by atoms with Crippen LogP contribution in [0.4, 0.5) is 23.7 Å². The molecule has 9 heteroatoms. The second kappa shape index (κ2) is 11.2. The molecule has 0 spiro atoms. The normalized spacial score (nSPS) is 13.3. The molecule has 0 fully saturated rings. The number of hydrogen-bond acceptors (Lipinski definition) is 3. The molecule has 3 N–H and O–H groups in total. The number of fused-ring (bicyclic) bond motifs is 1. The number of amides is 2. The molecule has 0 atom stereocenters. The third kappa shape index (κ3) is 5.21. The largest absolute Gasteiger partial charge is 0.351 e. The minimum absolute atomic E-state index is 0.0398. The average molecular weight is 548 g/mol. The fourth-order valence-electron chi connectivity index (χ4n) is 5.50. The predicted octanol–water partition coefficient (Wildman–Crippen LogP) is 6.44. The van der Waals surface area contributed by atoms with E-state index in [4.69, 9.17) is 10.8 Å². The Hall–Kier alpha value is -4.11. The van der Waals surface area contributed by atoms with Gasteiger partial charge in [0.15, 0.2) is 0 Å². The molecular weight excluding hydrogens is 515 g/mol. The second-order valence-electron chi connectivity index (χ2n) is 10.2. The Bertz CT molecular complexity index is 1570. The first-order valence-corrected chi connectivity index (χ1v) is 13.4. The van der Waals surface area contributed by atoms with Crippen molar-refractivity contribution in [3.05, 3.63) is 99.5 Å². The van der Waals surface area contributed by atoms with Gasteiger partial charge in [-0.15, -0.1) is 0 Å². The highest BCUT2D eigenvalue weighted by Gasteiger charge is 2.30. The molecule has 6 nitrogen and oxygen atoms in total. The second-order valence-corrected chi connectivity index (χ2v) is 10.2. The highest BCUT2D eigenvalue weighted by atomic mass is 19.1. The summed E-state index contributed by atoms with van der Waals surface area (Å²) < 4.78 is 46.7. The lowest BCUT2D eigenvalue weighted by Crippen LogP contribution is -2.30. The van der Waals surface area contributed by atoms with E-state index >= 15 is 8.78 Å². The molecule has 2 heterocycles. The van der Waals surface area contributed by atoms with E-state index in [2.05, 4.69) is 24.1 Å². The maximum Gasteiger partial charge on any atom is 0.316 e. The van der Waals surface area contributed by atoms with E-state index < -0.39 is 17.7 Å². The van der Waals surface area contributed by atoms with Gasteiger partial charge in [0.2, 0.25) is 0 Å². The number of aryl methyl sites for hydroxylation is 3. The van der Waals surface area contributed by atoms with Crippen LogP contribution < -0.4 is 11.1 Å². The van der Waals surface area contributed by atoms with Crippen molar-refractivity contribution in [3.8, 4) is 16.9 Å². The van der Waals surface area contributed by atoms with E-state index in [1.165, 1.54) is 6.07 Å². The first-order chi connectivity index (χ1) is 19.2. The van der Waals surface area contributed by atoms with E-state index in [0.717, 1.165) is 64.2 Å². The fraction of sp³-hybridized carbons (Fsp3) is 0.290. The first-order valence-electron chi connectivity index (χ1n) is 13.4. The van der Waals surface area contributed by atoms with Crippen LogP contribution in [0.25, 0.3) is 16.9 Å². The van der Waals surface area contributed by atoms with Crippen molar-refractivity contribution < 1.29 is 18.0 Å². The molecule has 0 radical (unpaired) electrons. The number of anilines is 1. The molecule has 4 aromatic rings. The summed E-state index contributed by atoms with van der Waals surface area (Å²) in [6.45, 7) is 7.68. The maximum absolute atomic E-state index is 15.8. The van der Waals surface area contributed by atoms with Gasteiger partial charge in [-0.1, -0.05) is 38.1 Å². The van der Waals surface area contributed by atoms with Gasteiger partial charge >= 0.3 is 6.03 Å². The van der Waals surface area contributed by atoms with Gasteiger partial charge < -0.3 is 11.1 Å². The summed E-state index contributed by atoms with van der Waals surface area (Å²) in [6, 6.07) is 11.8. The third-order valence-electron chi connectivity index (χ3n) is 7.56. The number of nitrogens with two attached hydrogens (primary N) is 1. The van der Waals surface area contributed by atoms with E-state index in [-0.39, 0.29) is 17.1 Å². The Labute approximate surface area is 231 Å². The van der Waals surface area contributed by atoms with Crippen molar-refractivity contribution in [1.29, 1.82) is 0 Å². The number of nitrogens with zero attached hydrogens (tertiary/aromatic N) is 3. The predicted molar refractivity (Wildman–Crippen MR) is 150 cm³/mol. The van der Waals surface area contributed by atoms with Crippen molar-refractivity contribution in [2.75, 3.05) is 11.9 Å². The lowest BCUT2D eigenvalue weighted by molar-refractivity contribution is 0.244. The molecule has 208 valence electrons. The van der Waals surface area contributed by atoms with Crippen molar-refractivity contribution in [1.82, 2.24) is 14.7 Å². The zero-order valence-electron chi connectivity index (χ0n) is 22.8. The molecule has 0 saturated carbocycles. The number of para-hydroxylation sites is 1. The van der Waals surface area contributed by atoms with Crippen LogP contribution in [0.3, 0.4) is 0 Å². The topological polar surface area (TPSA) is 76.2 Å². The quantitative estimate of drug-likeness (QED) is 0.280. The summed E-state index contributed by atoms with van der Waals surface area (Å²) in [5.41, 5.74) is 11.7. The Morgan fingerprint density at radius 1 is 1.00 bits per heavy atom. The van der Waals surface area contributed by atoms with Crippen molar-refractivity contribution in [2.45, 2.75) is 53.1 Å². The van der Waals surface area contributed by atoms with Crippen LogP contribution in [0.5, 0.6) is 0 Å². The lowest BCUT2D eigenvalue weighted by Gasteiger charge is -2.27. The molecule has 0 saturated heterocycles. The van der Waals surface area contributed by atoms with E-state index in [1.807, 2.05) is 25.1 Å². The molecule has 2 amide bonds. The van der Waals surface area contributed by atoms with Crippen LogP contribution in [0, 0.1) is 24.4 Å². The number of primary amides is 1. The summed E-state index contributed by atoms with van der Waals surface area (Å²) in [7, 11) is 0. The molecule has 5 rings (SSSR count). The molecule has 1 aromatic heterocycles. The van der Waals surface area contributed by atoms with Crippen molar-refractivity contribution in [2.24, 2.45) is 5.73 Å². The van der Waals surface area contributed by atoms with E-state index in [0.29, 0.717) is 31.7 Å². The molecule has 0 unspecified atom stereocenters. The smallest absolute Gasteiger partial charge is 0.316 e. The van der Waals surface area contributed by atoms with Crippen LogP contribution in [-0.4, -0.2) is 27.3 Å². The summed E-state index contributed by atoms with van der Waals surface area (Å²) in [5, 5.41) is 7.12. The van der Waals surface area contributed by atoms with Crippen LogP contribution in [0.15, 0.2) is 48.5 Å². The number of benzene rings is 3. The highest BCUT2D eigenvalue weighted by molar-refractivity contribution is 5.88. The molecule has 3 aromatic carbocycles. The van der Waals surface area contributed by atoms with E-state index in [9.17, 15) is 9.18 Å². The Morgan fingerprint density at radius 3 is 2.40 bits per heavy atom. The number of carbonyl (C=O) groups is 1. The molecule has 1 aliphatic rings. The molecule has 0 aliphatic carbocycles. The third-order valence-corrected chi connectivity index (χ3v) is 7.56. The molecule has 1 aliphatic heterocycles. The zero-order chi connectivity index (χ0) is 28.6. The molecule has 0 bridgehead atoms. The van der Waals surface area contributed by atoms with Gasteiger partial charge in [-0.2, -0.15) is 5.10 Å². The van der Waals surface area contributed by atoms with Crippen LogP contribution in [0.1, 0.15) is 47.4 Å². The monoisotopic (exact) mass is 547 g/mol. The number of aromatic nitrogens is 2. The van der Waals surface area contributed by atoms with Crippen molar-refractivity contribution in [3.63, 3.8) is 0 Å². The number of nitrogens with one attached hydrogen (secondary N) is 1. The van der Waals surface area contributed by atoms with Gasteiger partial charge in [0.05, 0.1) is 22.8 Å². The first kappa shape index (κ1) is 27.5. The van der Waals surface area contributed by atoms with Gasteiger partial charge in [0, 0.05) is 43.2 Å². The Kier molecular flexibility index (Phi) is 7.67. The van der Waals surface area contributed by atoms with Crippen LogP contribution in [-0.2, 0) is 32.4 Å². The Morgan fingerprint density at radius 2 is 1.73 bits per heavy atom. The standard InChI is InChI=1S/C31H32F3N5O/c1-4-19-7-6-8-20(5-2)29(19)39-30(23-14-26(34)28(15-25(23)33)36-31(35)40)24-17-38(12-11-27(24)37-39)16-21-13-22(32)10-9-18(21)3/h6-10,13-15H,4-5,11-12,16-17H2,1-3H3,(H3,35,36,40). The van der Waals surface area contributed by atoms with Gasteiger partial charge in [-0.3, -0.25) is 4.90 Å². The van der Waals surface area contributed by atoms with Crippen LogP contribution in [0.2, 0.25) is 0 Å². The Balaban J connectivity index is 1.68. The van der Waals surface area contributed by atoms with Gasteiger partial charge in [0.1, 0.15) is 17.5 Å². The summed E-state index contributed by atoms with van der Waals surface area (Å²) in [4.78, 5) is 13.5. The van der Waals surface area contributed by atoms with Gasteiger partial charge in [-0.25, -0.2) is 22.6 Å². The maximum atomic E-state index is 15.8. The molecular formula is C31H32F3N5O. The van der Waals surface area contributed by atoms with Gasteiger partial charge in [0.25, 0.3) is 0 Å². The number of carbonyl (C=O) groups excluding carboxylic acids is 1. The van der Waals surface area contributed by atoms with Crippen molar-refractivity contribution >= 4 is 11.7 Å². The molecule has 40 heavy (non-hydrogen) atoms. The number of urea groups is 1. The number of hydrogen-bond donors (Lipinski definition) is 2. The summed E-state index contributed by atoms with van der Waals surface area (Å²) in [6.07, 6.45) is 2.07. The summed E-state index contributed by atoms with van der Waals surface area (Å²) >= 11 is 0. The summed E-state index contributed by atoms with van der Waals surface area (Å²) in [5.74, 6) is -1.81.